The van der Waals surface area contributed by atoms with Crippen molar-refractivity contribution in [1.29, 1.82) is 0 Å². The minimum atomic E-state index is -0.792. The van der Waals surface area contributed by atoms with Crippen LogP contribution in [0.3, 0.4) is 0 Å². The second-order valence-electron chi connectivity index (χ2n) is 14.0. The molecule has 53 heavy (non-hydrogen) atoms. The van der Waals surface area contributed by atoms with Gasteiger partial charge in [-0.3, -0.25) is 14.4 Å². The largest absolute Gasteiger partial charge is 0.363 e. The van der Waals surface area contributed by atoms with Crippen LogP contribution in [0.1, 0.15) is 60.4 Å². The lowest BCUT2D eigenvalue weighted by Crippen LogP contribution is -2.58. The standard InChI is InChI=1S/C43H50N6O3S/c1-44-36(28-30-14-6-2-7-15-30)40(50)48-39-34(26-27-45-43(53)46-29-31-16-8-3-9-17-31)22-23-35-24-25-37(49(35)42(39)52)41(51)47-38(32-18-10-4-11-19-32)33-20-12-5-13-21-33/h2-21,34-39,44H,22-29H2,1H3,(H,47,51)(H,48,50)(H2,45,46,53)/t34?,35?,36?,37-,39?/m0/s1. The number of carbonyl (C=O) groups excluding carboxylic acids is 3. The van der Waals surface area contributed by atoms with Gasteiger partial charge < -0.3 is 31.5 Å². The SMILES string of the molecule is CNC(Cc1ccccc1)C(=O)NC1C(=O)N2C(CCC1CCNC(=S)NCc1ccccc1)CC[C@H]2C(=O)NC(c1ccccc1)c1ccccc1. The van der Waals surface area contributed by atoms with E-state index in [0.29, 0.717) is 37.5 Å². The van der Waals surface area contributed by atoms with Gasteiger partial charge in [-0.2, -0.15) is 0 Å². The summed E-state index contributed by atoms with van der Waals surface area (Å²) < 4.78 is 0. The zero-order valence-electron chi connectivity index (χ0n) is 30.2. The highest BCUT2D eigenvalue weighted by atomic mass is 32.1. The van der Waals surface area contributed by atoms with Crippen molar-refractivity contribution >= 4 is 35.1 Å². The van der Waals surface area contributed by atoms with Crippen molar-refractivity contribution in [2.75, 3.05) is 13.6 Å². The van der Waals surface area contributed by atoms with E-state index in [1.165, 1.54) is 0 Å². The Morgan fingerprint density at radius 1 is 0.755 bits per heavy atom. The number of rotatable bonds is 14. The average Bonchev–Trinajstić information content (AvgIpc) is 3.59. The summed E-state index contributed by atoms with van der Waals surface area (Å²) in [5.41, 5.74) is 4.08. The van der Waals surface area contributed by atoms with E-state index in [0.717, 1.165) is 41.5 Å². The van der Waals surface area contributed by atoms with Gasteiger partial charge in [0.15, 0.2) is 5.11 Å². The molecule has 6 rings (SSSR count). The number of nitrogens with one attached hydrogen (secondary N) is 5. The molecule has 2 aliphatic rings. The molecule has 4 aromatic carbocycles. The lowest BCUT2D eigenvalue weighted by atomic mass is 9.90. The van der Waals surface area contributed by atoms with Crippen LogP contribution in [0.2, 0.25) is 0 Å². The van der Waals surface area contributed by atoms with E-state index in [2.05, 4.69) is 26.6 Å². The van der Waals surface area contributed by atoms with Gasteiger partial charge in [0, 0.05) is 19.1 Å². The van der Waals surface area contributed by atoms with E-state index in [-0.39, 0.29) is 35.7 Å². The maximum atomic E-state index is 14.8. The number of fused-ring (bicyclic) bond motifs is 1. The first-order valence-corrected chi connectivity index (χ1v) is 19.1. The summed E-state index contributed by atoms with van der Waals surface area (Å²) in [6, 6.07) is 37.3. The number of carbonyl (C=O) groups is 3. The van der Waals surface area contributed by atoms with Gasteiger partial charge in [0.1, 0.15) is 12.1 Å². The maximum absolute atomic E-state index is 14.8. The van der Waals surface area contributed by atoms with Crippen LogP contribution < -0.4 is 26.6 Å². The molecule has 5 N–H and O–H groups in total. The van der Waals surface area contributed by atoms with Crippen molar-refractivity contribution in [3.63, 3.8) is 0 Å². The topological polar surface area (TPSA) is 115 Å². The summed E-state index contributed by atoms with van der Waals surface area (Å²) in [4.78, 5) is 44.8. The molecule has 10 heteroatoms. The third-order valence-electron chi connectivity index (χ3n) is 10.6. The molecule has 5 atom stereocenters. The fourth-order valence-electron chi connectivity index (χ4n) is 7.71. The number of benzene rings is 4. The lowest BCUT2D eigenvalue weighted by Gasteiger charge is -2.33. The Morgan fingerprint density at radius 2 is 1.32 bits per heavy atom. The molecule has 0 bridgehead atoms. The van der Waals surface area contributed by atoms with Crippen molar-refractivity contribution in [1.82, 2.24) is 31.5 Å². The van der Waals surface area contributed by atoms with E-state index in [4.69, 9.17) is 12.2 Å². The Balaban J connectivity index is 1.19. The van der Waals surface area contributed by atoms with Crippen LogP contribution in [0, 0.1) is 5.92 Å². The molecule has 0 radical (unpaired) electrons. The summed E-state index contributed by atoms with van der Waals surface area (Å²) in [6.07, 6.45) is 3.89. The normalized spacial score (nSPS) is 20.2. The van der Waals surface area contributed by atoms with Gasteiger partial charge in [-0.25, -0.2) is 0 Å². The van der Waals surface area contributed by atoms with Gasteiger partial charge in [-0.15, -0.1) is 0 Å². The highest BCUT2D eigenvalue weighted by molar-refractivity contribution is 7.80. The van der Waals surface area contributed by atoms with E-state index in [9.17, 15) is 14.4 Å². The van der Waals surface area contributed by atoms with Crippen LogP contribution in [-0.4, -0.2) is 65.5 Å². The van der Waals surface area contributed by atoms with Crippen molar-refractivity contribution < 1.29 is 14.4 Å². The molecular formula is C43H50N6O3S. The van der Waals surface area contributed by atoms with E-state index in [1.807, 2.05) is 121 Å². The molecule has 0 spiro atoms. The van der Waals surface area contributed by atoms with Crippen LogP contribution in [0.4, 0.5) is 0 Å². The molecule has 2 saturated heterocycles. The highest BCUT2D eigenvalue weighted by Gasteiger charge is 2.48. The van der Waals surface area contributed by atoms with Crippen molar-refractivity contribution in [2.45, 2.75) is 75.3 Å². The summed E-state index contributed by atoms with van der Waals surface area (Å²) in [6.45, 7) is 1.14. The molecule has 2 aliphatic heterocycles. The smallest absolute Gasteiger partial charge is 0.246 e. The third-order valence-corrected chi connectivity index (χ3v) is 10.9. The first-order chi connectivity index (χ1) is 25.9. The fourth-order valence-corrected chi connectivity index (χ4v) is 7.89. The second-order valence-corrected chi connectivity index (χ2v) is 14.4. The number of thiocarbonyl (C=S) groups is 1. The third kappa shape index (κ3) is 9.88. The Bertz CT molecular complexity index is 1760. The predicted molar refractivity (Wildman–Crippen MR) is 213 cm³/mol. The van der Waals surface area contributed by atoms with Gasteiger partial charge in [0.05, 0.1) is 12.1 Å². The Hall–Kier alpha value is -5.06. The number of hydrogen-bond donors (Lipinski definition) is 5. The number of amides is 3. The average molecular weight is 731 g/mol. The molecule has 4 aromatic rings. The molecule has 0 aromatic heterocycles. The van der Waals surface area contributed by atoms with Crippen LogP contribution in [0.15, 0.2) is 121 Å². The molecular weight excluding hydrogens is 681 g/mol. The predicted octanol–water partition coefficient (Wildman–Crippen LogP) is 5.03. The van der Waals surface area contributed by atoms with Gasteiger partial charge in [-0.05, 0) is 86.0 Å². The molecule has 3 amide bonds. The Labute approximate surface area is 318 Å². The molecule has 276 valence electrons. The molecule has 4 unspecified atom stereocenters. The molecule has 2 fully saturated rings. The minimum absolute atomic E-state index is 0.0828. The zero-order valence-corrected chi connectivity index (χ0v) is 31.1. The van der Waals surface area contributed by atoms with Crippen LogP contribution >= 0.6 is 12.2 Å². The summed E-state index contributed by atoms with van der Waals surface area (Å²) >= 11 is 5.58. The van der Waals surface area contributed by atoms with Gasteiger partial charge >= 0.3 is 0 Å². The second kappa shape index (κ2) is 18.6. The monoisotopic (exact) mass is 730 g/mol. The highest BCUT2D eigenvalue weighted by Crippen LogP contribution is 2.36. The fraction of sp³-hybridized carbons (Fsp3) is 0.349. The number of nitrogens with zero attached hydrogens (tertiary/aromatic N) is 1. The van der Waals surface area contributed by atoms with Gasteiger partial charge in [0.25, 0.3) is 0 Å². The first-order valence-electron chi connectivity index (χ1n) is 18.7. The van der Waals surface area contributed by atoms with Crippen LogP contribution in [0.25, 0.3) is 0 Å². The quantitative estimate of drug-likeness (QED) is 0.116. The number of likely N-dealkylation sites (N-methyl/N-ethyl adjacent to an activating group) is 1. The summed E-state index contributed by atoms with van der Waals surface area (Å²) in [5, 5.41) is 16.7. The minimum Gasteiger partial charge on any atom is -0.363 e. The van der Waals surface area contributed by atoms with Crippen molar-refractivity contribution in [3.8, 4) is 0 Å². The molecule has 0 saturated carbocycles. The van der Waals surface area contributed by atoms with Crippen molar-refractivity contribution in [2.24, 2.45) is 5.92 Å². The molecule has 0 aliphatic carbocycles. The van der Waals surface area contributed by atoms with E-state index < -0.39 is 18.1 Å². The van der Waals surface area contributed by atoms with Gasteiger partial charge in [0.2, 0.25) is 17.7 Å². The van der Waals surface area contributed by atoms with Crippen molar-refractivity contribution in [3.05, 3.63) is 144 Å². The summed E-state index contributed by atoms with van der Waals surface area (Å²) in [7, 11) is 1.76. The maximum Gasteiger partial charge on any atom is 0.246 e. The Morgan fingerprint density at radius 3 is 1.92 bits per heavy atom. The molecule has 2 heterocycles. The zero-order chi connectivity index (χ0) is 37.0. The van der Waals surface area contributed by atoms with Crippen LogP contribution in [-0.2, 0) is 27.3 Å². The summed E-state index contributed by atoms with van der Waals surface area (Å²) in [5.74, 6) is -0.769. The van der Waals surface area contributed by atoms with E-state index in [1.54, 1.807) is 11.9 Å². The Kier molecular flexibility index (Phi) is 13.2. The lowest BCUT2D eigenvalue weighted by molar-refractivity contribution is -0.143. The number of hydrogen-bond acceptors (Lipinski definition) is 5. The van der Waals surface area contributed by atoms with E-state index >= 15 is 0 Å². The molecule has 9 nitrogen and oxygen atoms in total. The van der Waals surface area contributed by atoms with Crippen LogP contribution in [0.5, 0.6) is 0 Å². The van der Waals surface area contributed by atoms with Gasteiger partial charge in [-0.1, -0.05) is 121 Å². The first kappa shape index (κ1) is 37.7.